The van der Waals surface area contributed by atoms with Gasteiger partial charge in [-0.15, -0.1) is 12.4 Å². The van der Waals surface area contributed by atoms with Crippen molar-refractivity contribution in [3.05, 3.63) is 48.3 Å². The van der Waals surface area contributed by atoms with Crippen molar-refractivity contribution < 1.29 is 4.79 Å². The quantitative estimate of drug-likeness (QED) is 0.882. The van der Waals surface area contributed by atoms with Gasteiger partial charge in [-0.05, 0) is 49.7 Å². The molecular weight excluding hydrogens is 312 g/mol. The molecule has 0 radical (unpaired) electrons. The first-order valence-electron chi connectivity index (χ1n) is 7.76. The first-order chi connectivity index (χ1) is 10.6. The second kappa shape index (κ2) is 7.62. The molecule has 0 saturated carbocycles. The lowest BCUT2D eigenvalue weighted by atomic mass is 9.88. The number of carbonyl (C=O) groups excluding carboxylic acids is 1. The van der Waals surface area contributed by atoms with Crippen LogP contribution in [0.4, 0.5) is 0 Å². The van der Waals surface area contributed by atoms with Gasteiger partial charge in [0.15, 0.2) is 0 Å². The second-order valence-electron chi connectivity index (χ2n) is 5.98. The summed E-state index contributed by atoms with van der Waals surface area (Å²) in [4.78, 5) is 12.3. The molecule has 2 unspecified atom stereocenters. The van der Waals surface area contributed by atoms with Crippen LogP contribution in [-0.4, -0.2) is 28.8 Å². The van der Waals surface area contributed by atoms with E-state index >= 15 is 0 Å². The zero-order valence-electron chi connectivity index (χ0n) is 13.4. The van der Waals surface area contributed by atoms with Gasteiger partial charge < -0.3 is 10.6 Å². The van der Waals surface area contributed by atoms with Crippen molar-refractivity contribution in [3.63, 3.8) is 0 Å². The van der Waals surface area contributed by atoms with Gasteiger partial charge in [-0.2, -0.15) is 5.10 Å². The first-order valence-corrected chi connectivity index (χ1v) is 7.76. The highest BCUT2D eigenvalue weighted by molar-refractivity contribution is 5.85. The molecule has 2 atom stereocenters. The molecule has 3 rings (SSSR count). The van der Waals surface area contributed by atoms with Crippen molar-refractivity contribution in [2.24, 2.45) is 11.8 Å². The molecule has 2 N–H and O–H groups in total. The molecule has 1 aliphatic heterocycles. The Morgan fingerprint density at radius 2 is 2.00 bits per heavy atom. The van der Waals surface area contributed by atoms with Crippen LogP contribution in [0, 0.1) is 11.8 Å². The van der Waals surface area contributed by atoms with Crippen LogP contribution in [0.5, 0.6) is 0 Å². The number of nitrogens with one attached hydrogen (secondary N) is 2. The molecule has 1 saturated heterocycles. The van der Waals surface area contributed by atoms with Crippen LogP contribution in [0.1, 0.15) is 25.5 Å². The van der Waals surface area contributed by atoms with E-state index in [1.54, 1.807) is 6.20 Å². The zero-order valence-corrected chi connectivity index (χ0v) is 14.2. The molecule has 5 nitrogen and oxygen atoms in total. The highest BCUT2D eigenvalue weighted by Crippen LogP contribution is 2.19. The van der Waals surface area contributed by atoms with Crippen LogP contribution in [0.2, 0.25) is 0 Å². The Balaban J connectivity index is 0.00000192. The summed E-state index contributed by atoms with van der Waals surface area (Å²) in [6, 6.07) is 10.0. The molecule has 1 aromatic carbocycles. The Morgan fingerprint density at radius 3 is 2.52 bits per heavy atom. The number of benzene rings is 1. The molecule has 124 valence electrons. The third-order valence-corrected chi connectivity index (χ3v) is 4.45. The number of halogens is 1. The fourth-order valence-electron chi connectivity index (χ4n) is 2.64. The van der Waals surface area contributed by atoms with Crippen LogP contribution in [0.3, 0.4) is 0 Å². The summed E-state index contributed by atoms with van der Waals surface area (Å²) in [5.41, 5.74) is 2.12. The van der Waals surface area contributed by atoms with Crippen LogP contribution < -0.4 is 10.6 Å². The molecule has 6 heteroatoms. The number of hydrogen-bond acceptors (Lipinski definition) is 3. The van der Waals surface area contributed by atoms with E-state index in [4.69, 9.17) is 0 Å². The average Bonchev–Trinajstić information content (AvgIpc) is 2.99. The minimum Gasteiger partial charge on any atom is -0.349 e. The summed E-state index contributed by atoms with van der Waals surface area (Å²) < 4.78 is 1.82. The lowest BCUT2D eigenvalue weighted by Crippen LogP contribution is -2.49. The first kappa shape index (κ1) is 17.5. The van der Waals surface area contributed by atoms with Gasteiger partial charge in [-0.1, -0.05) is 19.1 Å². The normalized spacial score (nSPS) is 16.8. The van der Waals surface area contributed by atoms with Crippen molar-refractivity contribution in [2.45, 2.75) is 19.9 Å². The molecule has 1 aliphatic rings. The van der Waals surface area contributed by atoms with Gasteiger partial charge in [-0.25, -0.2) is 4.68 Å². The largest absolute Gasteiger partial charge is 0.349 e. The van der Waals surface area contributed by atoms with Crippen molar-refractivity contribution in [1.29, 1.82) is 0 Å². The minimum absolute atomic E-state index is 0. The van der Waals surface area contributed by atoms with E-state index in [-0.39, 0.29) is 30.3 Å². The van der Waals surface area contributed by atoms with E-state index in [2.05, 4.69) is 15.7 Å². The monoisotopic (exact) mass is 334 g/mol. The van der Waals surface area contributed by atoms with Crippen molar-refractivity contribution >= 4 is 18.3 Å². The maximum Gasteiger partial charge on any atom is 0.223 e. The third-order valence-electron chi connectivity index (χ3n) is 4.45. The summed E-state index contributed by atoms with van der Waals surface area (Å²) in [6.07, 6.45) is 3.67. The Morgan fingerprint density at radius 1 is 1.30 bits per heavy atom. The number of carbonyl (C=O) groups is 1. The fourth-order valence-corrected chi connectivity index (χ4v) is 2.64. The zero-order chi connectivity index (χ0) is 15.5. The number of nitrogens with zero attached hydrogens (tertiary/aromatic N) is 2. The van der Waals surface area contributed by atoms with E-state index in [1.165, 1.54) is 0 Å². The highest BCUT2D eigenvalue weighted by atomic mass is 35.5. The van der Waals surface area contributed by atoms with Gasteiger partial charge >= 0.3 is 0 Å². The van der Waals surface area contributed by atoms with Crippen LogP contribution >= 0.6 is 12.4 Å². The molecule has 1 amide bonds. The number of hydrogen-bond donors (Lipinski definition) is 2. The molecule has 23 heavy (non-hydrogen) atoms. The summed E-state index contributed by atoms with van der Waals surface area (Å²) in [5.74, 6) is 0.664. The molecule has 0 spiro atoms. The van der Waals surface area contributed by atoms with E-state index in [9.17, 15) is 4.79 Å². The van der Waals surface area contributed by atoms with Crippen molar-refractivity contribution in [2.75, 3.05) is 13.1 Å². The Labute approximate surface area is 142 Å². The average molecular weight is 335 g/mol. The SMILES string of the molecule is CC(NC(=O)C(C)C1CNC1)c1ccc(-n2cccn2)cc1.Cl. The van der Waals surface area contributed by atoms with E-state index in [1.807, 2.05) is 55.1 Å². The predicted octanol–water partition coefficient (Wildman–Crippen LogP) is 2.33. The van der Waals surface area contributed by atoms with Gasteiger partial charge in [0.1, 0.15) is 0 Å². The fraction of sp³-hybridized carbons (Fsp3) is 0.412. The van der Waals surface area contributed by atoms with Crippen LogP contribution in [-0.2, 0) is 4.79 Å². The standard InChI is InChI=1S/C17H22N4O.ClH/c1-12(15-10-18-11-15)17(22)20-13(2)14-4-6-16(7-5-14)21-9-3-8-19-21;/h3-9,12-13,15,18H,10-11H2,1-2H3,(H,20,22);1H. The predicted molar refractivity (Wildman–Crippen MR) is 92.9 cm³/mol. The molecule has 0 bridgehead atoms. The minimum atomic E-state index is 0. The van der Waals surface area contributed by atoms with Crippen molar-refractivity contribution in [1.82, 2.24) is 20.4 Å². The third kappa shape index (κ3) is 3.92. The van der Waals surface area contributed by atoms with Gasteiger partial charge in [0.05, 0.1) is 11.7 Å². The summed E-state index contributed by atoms with van der Waals surface area (Å²) in [6.45, 7) is 5.92. The van der Waals surface area contributed by atoms with Gasteiger partial charge in [-0.3, -0.25) is 4.79 Å². The van der Waals surface area contributed by atoms with Crippen molar-refractivity contribution in [3.8, 4) is 5.69 Å². The van der Waals surface area contributed by atoms with E-state index in [0.29, 0.717) is 5.92 Å². The van der Waals surface area contributed by atoms with Gasteiger partial charge in [0, 0.05) is 18.3 Å². The lowest BCUT2D eigenvalue weighted by Gasteiger charge is -2.32. The topological polar surface area (TPSA) is 59.0 Å². The number of rotatable bonds is 5. The maximum atomic E-state index is 12.3. The second-order valence-corrected chi connectivity index (χ2v) is 5.98. The molecular formula is C17H23ClN4O. The van der Waals surface area contributed by atoms with Crippen LogP contribution in [0.15, 0.2) is 42.7 Å². The van der Waals surface area contributed by atoms with E-state index in [0.717, 1.165) is 24.3 Å². The maximum absolute atomic E-state index is 12.3. The molecule has 1 fully saturated rings. The Bertz CT molecular complexity index is 623. The summed E-state index contributed by atoms with van der Waals surface area (Å²) in [5, 5.41) is 10.5. The van der Waals surface area contributed by atoms with Gasteiger partial charge in [0.25, 0.3) is 0 Å². The van der Waals surface area contributed by atoms with Gasteiger partial charge in [0.2, 0.25) is 5.91 Å². The highest BCUT2D eigenvalue weighted by Gasteiger charge is 2.29. The number of amides is 1. The number of aromatic nitrogens is 2. The summed E-state index contributed by atoms with van der Waals surface area (Å²) in [7, 11) is 0. The molecule has 2 aromatic rings. The molecule has 2 heterocycles. The molecule has 1 aromatic heterocycles. The summed E-state index contributed by atoms with van der Waals surface area (Å²) >= 11 is 0. The van der Waals surface area contributed by atoms with E-state index < -0.39 is 0 Å². The Hall–Kier alpha value is -1.85. The molecule has 0 aliphatic carbocycles. The van der Waals surface area contributed by atoms with Crippen LogP contribution in [0.25, 0.3) is 5.69 Å². The lowest BCUT2D eigenvalue weighted by molar-refractivity contribution is -0.127. The Kier molecular flexibility index (Phi) is 5.80. The smallest absolute Gasteiger partial charge is 0.223 e.